The van der Waals surface area contributed by atoms with E-state index in [9.17, 15) is 14.4 Å². The first kappa shape index (κ1) is 21.7. The predicted molar refractivity (Wildman–Crippen MR) is 112 cm³/mol. The molecule has 0 heterocycles. The van der Waals surface area contributed by atoms with Crippen molar-refractivity contribution in [3.63, 3.8) is 0 Å². The molecule has 0 bridgehead atoms. The molecule has 28 heavy (non-hydrogen) atoms. The van der Waals surface area contributed by atoms with Gasteiger partial charge in [-0.1, -0.05) is 39.0 Å². The van der Waals surface area contributed by atoms with E-state index in [0.717, 1.165) is 4.90 Å². The summed E-state index contributed by atoms with van der Waals surface area (Å²) in [7, 11) is 0. The van der Waals surface area contributed by atoms with Gasteiger partial charge < -0.3 is 10.1 Å². The maximum atomic E-state index is 12.5. The van der Waals surface area contributed by atoms with Gasteiger partial charge >= 0.3 is 5.97 Å². The number of rotatable bonds is 7. The summed E-state index contributed by atoms with van der Waals surface area (Å²) in [6, 6.07) is 16.1. The first-order chi connectivity index (χ1) is 13.2. The van der Waals surface area contributed by atoms with E-state index >= 15 is 0 Å². The summed E-state index contributed by atoms with van der Waals surface area (Å²) >= 11 is 1.36. The van der Waals surface area contributed by atoms with Gasteiger partial charge in [0.25, 0.3) is 0 Å². The zero-order valence-electron chi connectivity index (χ0n) is 16.5. The molecule has 0 saturated heterocycles. The number of Topliss-reactive ketones (excluding diaryl/α,β-unsaturated/α-hetero) is 1. The topological polar surface area (TPSA) is 72.5 Å². The molecule has 2 rings (SSSR count). The predicted octanol–water partition coefficient (Wildman–Crippen LogP) is 4.58. The van der Waals surface area contributed by atoms with Crippen LogP contribution >= 0.6 is 11.8 Å². The van der Waals surface area contributed by atoms with Crippen molar-refractivity contribution in [2.24, 2.45) is 5.41 Å². The maximum Gasteiger partial charge on any atom is 0.316 e. The number of hydrogen-bond acceptors (Lipinski definition) is 5. The van der Waals surface area contributed by atoms with Gasteiger partial charge in [0.15, 0.2) is 6.10 Å². The molecule has 0 fully saturated rings. The highest BCUT2D eigenvalue weighted by Crippen LogP contribution is 2.19. The molecule has 0 saturated carbocycles. The van der Waals surface area contributed by atoms with E-state index in [1.54, 1.807) is 31.2 Å². The number of anilines is 1. The Morgan fingerprint density at radius 2 is 1.61 bits per heavy atom. The average molecular weight is 400 g/mol. The van der Waals surface area contributed by atoms with Gasteiger partial charge in [-0.15, -0.1) is 11.8 Å². The van der Waals surface area contributed by atoms with Crippen LogP contribution in [0.25, 0.3) is 0 Å². The summed E-state index contributed by atoms with van der Waals surface area (Å²) in [6.07, 6.45) is -0.876. The van der Waals surface area contributed by atoms with E-state index < -0.39 is 17.5 Å². The molecule has 0 radical (unpaired) electrons. The van der Waals surface area contributed by atoms with Gasteiger partial charge in [-0.2, -0.15) is 0 Å². The van der Waals surface area contributed by atoms with Crippen LogP contribution in [0.15, 0.2) is 59.5 Å². The van der Waals surface area contributed by atoms with Crippen LogP contribution in [-0.2, 0) is 14.3 Å². The lowest BCUT2D eigenvalue weighted by molar-refractivity contribution is -0.143. The number of amides is 1. The van der Waals surface area contributed by atoms with E-state index in [1.807, 2.05) is 51.1 Å². The molecular formula is C22H25NO4S. The van der Waals surface area contributed by atoms with Gasteiger partial charge in [-0.05, 0) is 43.3 Å². The van der Waals surface area contributed by atoms with Crippen molar-refractivity contribution in [3.8, 4) is 0 Å². The quantitative estimate of drug-likeness (QED) is 0.419. The monoisotopic (exact) mass is 399 g/mol. The Bertz CT molecular complexity index is 826. The van der Waals surface area contributed by atoms with Gasteiger partial charge in [0.2, 0.25) is 11.7 Å². The molecule has 6 heteroatoms. The first-order valence-electron chi connectivity index (χ1n) is 9.00. The molecule has 148 valence electrons. The minimum Gasteiger partial charge on any atom is -0.454 e. The highest BCUT2D eigenvalue weighted by Gasteiger charge is 2.22. The smallest absolute Gasteiger partial charge is 0.316 e. The van der Waals surface area contributed by atoms with Gasteiger partial charge in [-0.3, -0.25) is 14.4 Å². The summed E-state index contributed by atoms with van der Waals surface area (Å²) in [6.45, 7) is 7.04. The zero-order valence-corrected chi connectivity index (χ0v) is 17.3. The highest BCUT2D eigenvalue weighted by atomic mass is 32.2. The van der Waals surface area contributed by atoms with Crippen molar-refractivity contribution in [3.05, 3.63) is 60.2 Å². The normalized spacial score (nSPS) is 12.1. The van der Waals surface area contributed by atoms with Crippen molar-refractivity contribution >= 4 is 35.1 Å². The highest BCUT2D eigenvalue weighted by molar-refractivity contribution is 8.00. The lowest BCUT2D eigenvalue weighted by atomic mass is 9.95. The fourth-order valence-electron chi connectivity index (χ4n) is 2.21. The largest absolute Gasteiger partial charge is 0.454 e. The second-order valence-corrected chi connectivity index (χ2v) is 8.43. The van der Waals surface area contributed by atoms with Gasteiger partial charge in [0, 0.05) is 21.6 Å². The third kappa shape index (κ3) is 6.53. The summed E-state index contributed by atoms with van der Waals surface area (Å²) in [5, 5.41) is 2.80. The van der Waals surface area contributed by atoms with Crippen molar-refractivity contribution in [1.82, 2.24) is 0 Å². The van der Waals surface area contributed by atoms with Gasteiger partial charge in [0.1, 0.15) is 0 Å². The zero-order chi connectivity index (χ0) is 20.7. The number of carbonyl (C=O) groups is 3. The fourth-order valence-corrected chi connectivity index (χ4v) is 2.92. The molecule has 0 unspecified atom stereocenters. The minimum absolute atomic E-state index is 0.107. The lowest BCUT2D eigenvalue weighted by Gasteiger charge is -2.18. The standard InChI is InChI=1S/C22H25NO4S/c1-15(27-19(24)14-28-18-8-6-5-7-9-18)20(25)16-10-12-17(13-11-16)23-21(26)22(2,3)4/h5-13,15H,14H2,1-4H3,(H,23,26)/t15-/m0/s1. The molecular weight excluding hydrogens is 374 g/mol. The lowest BCUT2D eigenvalue weighted by Crippen LogP contribution is -2.27. The van der Waals surface area contributed by atoms with Crippen LogP contribution in [0, 0.1) is 5.41 Å². The Kier molecular flexibility index (Phi) is 7.40. The Morgan fingerprint density at radius 3 is 2.18 bits per heavy atom. The van der Waals surface area contributed by atoms with Crippen LogP contribution in [-0.4, -0.2) is 29.5 Å². The van der Waals surface area contributed by atoms with E-state index in [-0.39, 0.29) is 17.4 Å². The van der Waals surface area contributed by atoms with Crippen LogP contribution in [0.2, 0.25) is 0 Å². The summed E-state index contributed by atoms with van der Waals surface area (Å²) in [4.78, 5) is 37.4. The van der Waals surface area contributed by atoms with Gasteiger partial charge in [0.05, 0.1) is 5.75 Å². The number of thioether (sulfide) groups is 1. The maximum absolute atomic E-state index is 12.5. The number of hydrogen-bond donors (Lipinski definition) is 1. The van der Waals surface area contributed by atoms with E-state index in [1.165, 1.54) is 11.8 Å². The minimum atomic E-state index is -0.876. The van der Waals surface area contributed by atoms with Crippen LogP contribution in [0.1, 0.15) is 38.1 Å². The molecule has 0 aliphatic carbocycles. The molecule has 1 N–H and O–H groups in total. The second kappa shape index (κ2) is 9.55. The average Bonchev–Trinajstić information content (AvgIpc) is 2.66. The molecule has 0 spiro atoms. The second-order valence-electron chi connectivity index (χ2n) is 7.38. The number of esters is 1. The number of ether oxygens (including phenoxy) is 1. The molecule has 1 amide bonds. The van der Waals surface area contributed by atoms with E-state index in [0.29, 0.717) is 11.3 Å². The molecule has 2 aromatic carbocycles. The van der Waals surface area contributed by atoms with Crippen LogP contribution in [0.5, 0.6) is 0 Å². The van der Waals surface area contributed by atoms with Crippen molar-refractivity contribution < 1.29 is 19.1 Å². The number of carbonyl (C=O) groups excluding carboxylic acids is 3. The first-order valence-corrected chi connectivity index (χ1v) is 9.98. The molecule has 0 aromatic heterocycles. The number of benzene rings is 2. The van der Waals surface area contributed by atoms with Gasteiger partial charge in [-0.25, -0.2) is 0 Å². The van der Waals surface area contributed by atoms with Crippen molar-refractivity contribution in [2.75, 3.05) is 11.1 Å². The molecule has 5 nitrogen and oxygen atoms in total. The Hall–Kier alpha value is -2.60. The van der Waals surface area contributed by atoms with Crippen LogP contribution in [0.3, 0.4) is 0 Å². The van der Waals surface area contributed by atoms with E-state index in [4.69, 9.17) is 4.74 Å². The molecule has 0 aliphatic heterocycles. The third-order valence-corrected chi connectivity index (χ3v) is 4.87. The molecule has 0 aliphatic rings. The third-order valence-electron chi connectivity index (χ3n) is 3.89. The van der Waals surface area contributed by atoms with Crippen LogP contribution < -0.4 is 5.32 Å². The molecule has 1 atom stereocenters. The summed E-state index contributed by atoms with van der Waals surface area (Å²) in [5.74, 6) is -0.695. The van der Waals surface area contributed by atoms with Crippen LogP contribution in [0.4, 0.5) is 5.69 Å². The van der Waals surface area contributed by atoms with E-state index in [2.05, 4.69) is 5.32 Å². The number of nitrogens with one attached hydrogen (secondary N) is 1. The SMILES string of the molecule is C[C@H](OC(=O)CSc1ccccc1)C(=O)c1ccc(NC(=O)C(C)(C)C)cc1. The Balaban J connectivity index is 1.88. The van der Waals surface area contributed by atoms with Crippen molar-refractivity contribution in [2.45, 2.75) is 38.7 Å². The molecule has 2 aromatic rings. The Morgan fingerprint density at radius 1 is 1.00 bits per heavy atom. The fraction of sp³-hybridized carbons (Fsp3) is 0.318. The Labute approximate surface area is 169 Å². The van der Waals surface area contributed by atoms with Crippen molar-refractivity contribution in [1.29, 1.82) is 0 Å². The number of ketones is 1. The summed E-state index contributed by atoms with van der Waals surface area (Å²) < 4.78 is 5.25. The summed E-state index contributed by atoms with van der Waals surface area (Å²) in [5.41, 5.74) is 0.528.